The fourth-order valence-corrected chi connectivity index (χ4v) is 2.82. The van der Waals surface area contributed by atoms with Crippen molar-refractivity contribution >= 4 is 5.91 Å². The summed E-state index contributed by atoms with van der Waals surface area (Å²) in [4.78, 5) is 12.3. The Hall–Kier alpha value is -1.43. The van der Waals surface area contributed by atoms with E-state index in [1.54, 1.807) is 4.68 Å². The summed E-state index contributed by atoms with van der Waals surface area (Å²) in [6.07, 6.45) is 8.27. The average Bonchev–Trinajstić information content (AvgIpc) is 2.95. The standard InChI is InChI=1S/C16H28N4O2/c1-12(15(22)17-13-7-5-4-6-8-13)20-10-14(18-19-20)9-16(2,3)11-21/h10,12-13,21H,4-9,11H2,1-3H3,(H,17,22). The average molecular weight is 308 g/mol. The van der Waals surface area contributed by atoms with Crippen molar-refractivity contribution in [2.45, 2.75) is 71.4 Å². The largest absolute Gasteiger partial charge is 0.396 e. The molecule has 0 aromatic carbocycles. The molecule has 1 unspecified atom stereocenters. The predicted molar refractivity (Wildman–Crippen MR) is 84.3 cm³/mol. The zero-order chi connectivity index (χ0) is 16.2. The van der Waals surface area contributed by atoms with Crippen LogP contribution in [0, 0.1) is 5.41 Å². The fourth-order valence-electron chi connectivity index (χ4n) is 2.82. The normalized spacial score (nSPS) is 18.2. The zero-order valence-electron chi connectivity index (χ0n) is 13.9. The fraction of sp³-hybridized carbons (Fsp3) is 0.812. The first kappa shape index (κ1) is 16.9. The van der Waals surface area contributed by atoms with E-state index in [9.17, 15) is 9.90 Å². The lowest BCUT2D eigenvalue weighted by Gasteiger charge is -2.24. The third-order valence-electron chi connectivity index (χ3n) is 4.37. The first-order valence-electron chi connectivity index (χ1n) is 8.23. The summed E-state index contributed by atoms with van der Waals surface area (Å²) >= 11 is 0. The Morgan fingerprint density at radius 2 is 2.14 bits per heavy atom. The minimum absolute atomic E-state index is 0.00442. The van der Waals surface area contributed by atoms with Crippen molar-refractivity contribution in [2.24, 2.45) is 5.41 Å². The first-order chi connectivity index (χ1) is 10.4. The van der Waals surface area contributed by atoms with Gasteiger partial charge in [-0.3, -0.25) is 4.79 Å². The topological polar surface area (TPSA) is 80.0 Å². The van der Waals surface area contributed by atoms with E-state index in [-0.39, 0.29) is 24.0 Å². The first-order valence-corrected chi connectivity index (χ1v) is 8.23. The van der Waals surface area contributed by atoms with Gasteiger partial charge in [0.1, 0.15) is 6.04 Å². The molecule has 0 bridgehead atoms. The number of nitrogens with zero attached hydrogens (tertiary/aromatic N) is 3. The minimum Gasteiger partial charge on any atom is -0.396 e. The summed E-state index contributed by atoms with van der Waals surface area (Å²) in [5.41, 5.74) is 0.574. The molecular weight excluding hydrogens is 280 g/mol. The zero-order valence-corrected chi connectivity index (χ0v) is 13.9. The summed E-state index contributed by atoms with van der Waals surface area (Å²) in [6.45, 7) is 5.89. The molecule has 0 aliphatic heterocycles. The van der Waals surface area contributed by atoms with Gasteiger partial charge in [0, 0.05) is 25.3 Å². The lowest BCUT2D eigenvalue weighted by atomic mass is 9.89. The van der Waals surface area contributed by atoms with E-state index in [4.69, 9.17) is 0 Å². The lowest BCUT2D eigenvalue weighted by Crippen LogP contribution is -2.40. The Balaban J connectivity index is 1.92. The van der Waals surface area contributed by atoms with Gasteiger partial charge in [-0.2, -0.15) is 0 Å². The molecule has 1 aliphatic carbocycles. The summed E-state index contributed by atoms with van der Waals surface area (Å²) in [5, 5.41) is 20.6. The highest BCUT2D eigenvalue weighted by Gasteiger charge is 2.23. The number of nitrogens with one attached hydrogen (secondary N) is 1. The van der Waals surface area contributed by atoms with Gasteiger partial charge in [0.05, 0.1) is 5.69 Å². The molecular formula is C16H28N4O2. The number of aromatic nitrogens is 3. The van der Waals surface area contributed by atoms with Crippen molar-refractivity contribution in [3.05, 3.63) is 11.9 Å². The predicted octanol–water partition coefficient (Wildman–Crippen LogP) is 1.85. The monoisotopic (exact) mass is 308 g/mol. The number of carbonyl (C=O) groups excluding carboxylic acids is 1. The number of hydrogen-bond donors (Lipinski definition) is 2. The smallest absolute Gasteiger partial charge is 0.244 e. The molecule has 6 heteroatoms. The third-order valence-corrected chi connectivity index (χ3v) is 4.37. The van der Waals surface area contributed by atoms with Crippen molar-refractivity contribution in [3.63, 3.8) is 0 Å². The molecule has 1 fully saturated rings. The molecule has 1 amide bonds. The molecule has 124 valence electrons. The highest BCUT2D eigenvalue weighted by molar-refractivity contribution is 5.80. The highest BCUT2D eigenvalue weighted by Crippen LogP contribution is 2.21. The van der Waals surface area contributed by atoms with Crippen LogP contribution in [0.1, 0.15) is 64.6 Å². The van der Waals surface area contributed by atoms with Gasteiger partial charge in [0.25, 0.3) is 0 Å². The summed E-state index contributed by atoms with van der Waals surface area (Å²) in [5.74, 6) is 0.00442. The Kier molecular flexibility index (Phi) is 5.56. The Labute approximate surface area is 132 Å². The van der Waals surface area contributed by atoms with Gasteiger partial charge in [0.15, 0.2) is 0 Å². The van der Waals surface area contributed by atoms with Gasteiger partial charge >= 0.3 is 0 Å². The van der Waals surface area contributed by atoms with Gasteiger partial charge < -0.3 is 10.4 Å². The number of aliphatic hydroxyl groups is 1. The molecule has 2 N–H and O–H groups in total. The van der Waals surface area contributed by atoms with E-state index >= 15 is 0 Å². The second-order valence-electron chi connectivity index (χ2n) is 7.21. The quantitative estimate of drug-likeness (QED) is 0.840. The molecule has 1 aromatic rings. The van der Waals surface area contributed by atoms with Crippen molar-refractivity contribution in [2.75, 3.05) is 6.61 Å². The number of carbonyl (C=O) groups is 1. The van der Waals surface area contributed by atoms with Crippen LogP contribution < -0.4 is 5.32 Å². The van der Waals surface area contributed by atoms with Gasteiger partial charge in [-0.1, -0.05) is 38.3 Å². The van der Waals surface area contributed by atoms with Crippen LogP contribution in [0.2, 0.25) is 0 Å². The maximum absolute atomic E-state index is 12.3. The molecule has 0 saturated heterocycles. The third kappa shape index (κ3) is 4.53. The van der Waals surface area contributed by atoms with E-state index in [0.717, 1.165) is 18.5 Å². The Morgan fingerprint density at radius 1 is 1.45 bits per heavy atom. The highest BCUT2D eigenvalue weighted by atomic mass is 16.3. The van der Waals surface area contributed by atoms with Crippen LogP contribution in [-0.2, 0) is 11.2 Å². The van der Waals surface area contributed by atoms with Gasteiger partial charge in [-0.05, 0) is 25.2 Å². The van der Waals surface area contributed by atoms with Crippen molar-refractivity contribution in [1.82, 2.24) is 20.3 Å². The molecule has 6 nitrogen and oxygen atoms in total. The van der Waals surface area contributed by atoms with E-state index in [1.165, 1.54) is 19.3 Å². The minimum atomic E-state index is -0.361. The molecule has 1 saturated carbocycles. The van der Waals surface area contributed by atoms with Crippen LogP contribution in [0.25, 0.3) is 0 Å². The molecule has 1 heterocycles. The van der Waals surface area contributed by atoms with Crippen LogP contribution >= 0.6 is 0 Å². The lowest BCUT2D eigenvalue weighted by molar-refractivity contribution is -0.125. The van der Waals surface area contributed by atoms with E-state index < -0.39 is 0 Å². The number of aliphatic hydroxyl groups excluding tert-OH is 1. The number of hydrogen-bond acceptors (Lipinski definition) is 4. The van der Waals surface area contributed by atoms with Crippen LogP contribution in [-0.4, -0.2) is 38.7 Å². The number of amides is 1. The van der Waals surface area contributed by atoms with Gasteiger partial charge in [0.2, 0.25) is 5.91 Å². The van der Waals surface area contributed by atoms with Crippen LogP contribution in [0.4, 0.5) is 0 Å². The van der Waals surface area contributed by atoms with Crippen LogP contribution in [0.3, 0.4) is 0 Å². The summed E-state index contributed by atoms with van der Waals surface area (Å²) in [6, 6.07) is -0.0552. The van der Waals surface area contributed by atoms with E-state index in [2.05, 4.69) is 15.6 Å². The number of rotatable bonds is 6. The second-order valence-corrected chi connectivity index (χ2v) is 7.21. The molecule has 1 atom stereocenters. The molecule has 1 aliphatic rings. The molecule has 1 aromatic heterocycles. The second kappa shape index (κ2) is 7.22. The van der Waals surface area contributed by atoms with E-state index in [1.807, 2.05) is 27.0 Å². The van der Waals surface area contributed by atoms with Gasteiger partial charge in [-0.25, -0.2) is 4.68 Å². The Bertz CT molecular complexity index is 492. The van der Waals surface area contributed by atoms with Crippen LogP contribution in [0.15, 0.2) is 6.20 Å². The molecule has 0 spiro atoms. The van der Waals surface area contributed by atoms with Gasteiger partial charge in [-0.15, -0.1) is 5.10 Å². The van der Waals surface area contributed by atoms with Crippen LogP contribution in [0.5, 0.6) is 0 Å². The molecule has 2 rings (SSSR count). The summed E-state index contributed by atoms with van der Waals surface area (Å²) in [7, 11) is 0. The molecule has 0 radical (unpaired) electrons. The van der Waals surface area contributed by atoms with Crippen molar-refractivity contribution in [1.29, 1.82) is 0 Å². The molecule has 22 heavy (non-hydrogen) atoms. The van der Waals surface area contributed by atoms with Crippen molar-refractivity contribution in [3.8, 4) is 0 Å². The maximum atomic E-state index is 12.3. The summed E-state index contributed by atoms with van der Waals surface area (Å²) < 4.78 is 1.61. The SMILES string of the molecule is CC(C(=O)NC1CCCCC1)n1cc(CC(C)(C)CO)nn1. The van der Waals surface area contributed by atoms with Crippen molar-refractivity contribution < 1.29 is 9.90 Å². The maximum Gasteiger partial charge on any atom is 0.244 e. The Morgan fingerprint density at radius 3 is 2.77 bits per heavy atom. The van der Waals surface area contributed by atoms with E-state index in [0.29, 0.717) is 12.5 Å².